The average Bonchev–Trinajstić information content (AvgIpc) is 2.88. The normalized spacial score (nSPS) is 25.5. The molecular formula is C11H17NO3. The highest BCUT2D eigenvalue weighted by Gasteiger charge is 2.32. The number of aliphatic carboxylic acids is 1. The molecule has 84 valence electrons. The maximum atomic E-state index is 11.5. The molecule has 0 aliphatic heterocycles. The van der Waals surface area contributed by atoms with Crippen LogP contribution in [0.1, 0.15) is 27.2 Å². The Hall–Kier alpha value is -1.32. The van der Waals surface area contributed by atoms with Crippen molar-refractivity contribution in [2.24, 2.45) is 11.8 Å². The van der Waals surface area contributed by atoms with E-state index in [1.165, 1.54) is 13.8 Å². The lowest BCUT2D eigenvalue weighted by Crippen LogP contribution is -2.27. The predicted octanol–water partition coefficient (Wildman–Crippen LogP) is 1.18. The van der Waals surface area contributed by atoms with Gasteiger partial charge in [-0.2, -0.15) is 0 Å². The Kier molecular flexibility index (Phi) is 3.50. The standard InChI is InChI=1S/C11H17NO3/c1-6-4-9(6)5-12-10(13)7(2)8(3)11(14)15/h6,9H,4-5H2,1-3H3,(H,12,13)(H,14,15). The van der Waals surface area contributed by atoms with Gasteiger partial charge in [-0.3, -0.25) is 4.79 Å². The minimum Gasteiger partial charge on any atom is -0.478 e. The summed E-state index contributed by atoms with van der Waals surface area (Å²) in [6, 6.07) is 0. The van der Waals surface area contributed by atoms with Crippen molar-refractivity contribution in [2.45, 2.75) is 27.2 Å². The van der Waals surface area contributed by atoms with Crippen LogP contribution in [0.5, 0.6) is 0 Å². The molecule has 1 aliphatic rings. The first-order valence-corrected chi connectivity index (χ1v) is 5.12. The van der Waals surface area contributed by atoms with Crippen LogP contribution in [0.15, 0.2) is 11.1 Å². The zero-order valence-electron chi connectivity index (χ0n) is 9.33. The van der Waals surface area contributed by atoms with Gasteiger partial charge in [-0.25, -0.2) is 4.79 Å². The second kappa shape index (κ2) is 4.47. The number of hydrogen-bond acceptors (Lipinski definition) is 2. The molecule has 2 N–H and O–H groups in total. The third-order valence-electron chi connectivity index (χ3n) is 3.02. The lowest BCUT2D eigenvalue weighted by atomic mass is 10.1. The van der Waals surface area contributed by atoms with Crippen molar-refractivity contribution in [1.29, 1.82) is 0 Å². The topological polar surface area (TPSA) is 66.4 Å². The minimum absolute atomic E-state index is 0.108. The Morgan fingerprint density at radius 1 is 1.33 bits per heavy atom. The Bertz CT molecular complexity index is 320. The highest BCUT2D eigenvalue weighted by atomic mass is 16.4. The van der Waals surface area contributed by atoms with E-state index in [0.717, 1.165) is 6.42 Å². The minimum atomic E-state index is -1.04. The Labute approximate surface area is 89.4 Å². The number of carbonyl (C=O) groups excluding carboxylic acids is 1. The van der Waals surface area contributed by atoms with Gasteiger partial charge in [0.05, 0.1) is 0 Å². The Morgan fingerprint density at radius 2 is 1.87 bits per heavy atom. The van der Waals surface area contributed by atoms with Gasteiger partial charge >= 0.3 is 5.97 Å². The van der Waals surface area contributed by atoms with Gasteiger partial charge in [0.2, 0.25) is 5.91 Å². The smallest absolute Gasteiger partial charge is 0.331 e. The summed E-state index contributed by atoms with van der Waals surface area (Å²) in [6.07, 6.45) is 1.15. The number of hydrogen-bond donors (Lipinski definition) is 2. The van der Waals surface area contributed by atoms with E-state index in [1.807, 2.05) is 0 Å². The van der Waals surface area contributed by atoms with E-state index >= 15 is 0 Å². The van der Waals surface area contributed by atoms with Crippen LogP contribution in [0.3, 0.4) is 0 Å². The molecule has 0 aromatic heterocycles. The second-order valence-corrected chi connectivity index (χ2v) is 4.24. The van der Waals surface area contributed by atoms with Crippen molar-refractivity contribution in [3.63, 3.8) is 0 Å². The van der Waals surface area contributed by atoms with Crippen LogP contribution in [0, 0.1) is 11.8 Å². The number of amides is 1. The van der Waals surface area contributed by atoms with Gasteiger partial charge in [0, 0.05) is 17.7 Å². The first-order valence-electron chi connectivity index (χ1n) is 5.12. The van der Waals surface area contributed by atoms with Crippen molar-refractivity contribution < 1.29 is 14.7 Å². The van der Waals surface area contributed by atoms with Gasteiger partial charge in [-0.05, 0) is 32.1 Å². The molecule has 0 spiro atoms. The van der Waals surface area contributed by atoms with E-state index in [-0.39, 0.29) is 17.1 Å². The molecule has 1 aliphatic carbocycles. The van der Waals surface area contributed by atoms with E-state index in [0.29, 0.717) is 18.4 Å². The zero-order chi connectivity index (χ0) is 11.6. The number of carbonyl (C=O) groups is 2. The van der Waals surface area contributed by atoms with Crippen LogP contribution in [0.25, 0.3) is 0 Å². The van der Waals surface area contributed by atoms with E-state index < -0.39 is 5.97 Å². The van der Waals surface area contributed by atoms with Crippen LogP contribution >= 0.6 is 0 Å². The monoisotopic (exact) mass is 211 g/mol. The summed E-state index contributed by atoms with van der Waals surface area (Å²) >= 11 is 0. The van der Waals surface area contributed by atoms with Gasteiger partial charge in [0.15, 0.2) is 0 Å². The quantitative estimate of drug-likeness (QED) is 0.686. The van der Waals surface area contributed by atoms with Crippen molar-refractivity contribution in [1.82, 2.24) is 5.32 Å². The lowest BCUT2D eigenvalue weighted by Gasteiger charge is -2.06. The molecular weight excluding hydrogens is 194 g/mol. The fourth-order valence-electron chi connectivity index (χ4n) is 1.37. The molecule has 0 radical (unpaired) electrons. The Balaban J connectivity index is 2.45. The molecule has 0 aromatic carbocycles. The molecule has 4 nitrogen and oxygen atoms in total. The van der Waals surface area contributed by atoms with Crippen LogP contribution in [0.4, 0.5) is 0 Å². The third-order valence-corrected chi connectivity index (χ3v) is 3.02. The van der Waals surface area contributed by atoms with Crippen molar-refractivity contribution >= 4 is 11.9 Å². The fourth-order valence-corrected chi connectivity index (χ4v) is 1.37. The summed E-state index contributed by atoms with van der Waals surface area (Å²) in [5.41, 5.74) is 0.396. The first-order chi connectivity index (χ1) is 6.93. The number of nitrogens with one attached hydrogen (secondary N) is 1. The van der Waals surface area contributed by atoms with Crippen LogP contribution in [-0.4, -0.2) is 23.5 Å². The first kappa shape index (κ1) is 11.8. The van der Waals surface area contributed by atoms with Gasteiger partial charge in [-0.15, -0.1) is 0 Å². The van der Waals surface area contributed by atoms with E-state index in [1.54, 1.807) is 0 Å². The number of carboxylic acids is 1. The second-order valence-electron chi connectivity index (χ2n) is 4.24. The van der Waals surface area contributed by atoms with Crippen molar-refractivity contribution in [3.8, 4) is 0 Å². The highest BCUT2D eigenvalue weighted by Crippen LogP contribution is 2.36. The van der Waals surface area contributed by atoms with Crippen LogP contribution in [0.2, 0.25) is 0 Å². The highest BCUT2D eigenvalue weighted by molar-refractivity contribution is 6.01. The average molecular weight is 211 g/mol. The summed E-state index contributed by atoms with van der Waals surface area (Å²) < 4.78 is 0. The van der Waals surface area contributed by atoms with Gasteiger partial charge in [0.1, 0.15) is 0 Å². The van der Waals surface area contributed by atoms with Crippen molar-refractivity contribution in [3.05, 3.63) is 11.1 Å². The lowest BCUT2D eigenvalue weighted by molar-refractivity contribution is -0.133. The molecule has 4 heteroatoms. The van der Waals surface area contributed by atoms with Gasteiger partial charge in [-0.1, -0.05) is 6.92 Å². The SMILES string of the molecule is CC(C(=O)O)=C(C)C(=O)NCC1CC1C. The third kappa shape index (κ3) is 3.08. The maximum absolute atomic E-state index is 11.5. The summed E-state index contributed by atoms with van der Waals surface area (Å²) in [7, 11) is 0. The van der Waals surface area contributed by atoms with Gasteiger partial charge < -0.3 is 10.4 Å². The molecule has 0 aromatic rings. The molecule has 0 saturated heterocycles. The van der Waals surface area contributed by atoms with E-state index in [4.69, 9.17) is 5.11 Å². The maximum Gasteiger partial charge on any atom is 0.331 e. The number of rotatable bonds is 4. The molecule has 1 saturated carbocycles. The zero-order valence-corrected chi connectivity index (χ0v) is 9.33. The summed E-state index contributed by atoms with van der Waals surface area (Å²) in [5, 5.41) is 11.4. The van der Waals surface area contributed by atoms with Gasteiger partial charge in [0.25, 0.3) is 0 Å². The summed E-state index contributed by atoms with van der Waals surface area (Å²) in [5.74, 6) is -0.0431. The molecule has 0 bridgehead atoms. The summed E-state index contributed by atoms with van der Waals surface area (Å²) in [6.45, 7) is 5.78. The molecule has 2 unspecified atom stereocenters. The molecule has 1 fully saturated rings. The largest absolute Gasteiger partial charge is 0.478 e. The summed E-state index contributed by atoms with van der Waals surface area (Å²) in [4.78, 5) is 22.1. The van der Waals surface area contributed by atoms with Crippen molar-refractivity contribution in [2.75, 3.05) is 6.54 Å². The molecule has 2 atom stereocenters. The van der Waals surface area contributed by atoms with Crippen LogP contribution < -0.4 is 5.32 Å². The predicted molar refractivity (Wildman–Crippen MR) is 56.3 cm³/mol. The molecule has 15 heavy (non-hydrogen) atoms. The van der Waals surface area contributed by atoms with E-state index in [2.05, 4.69) is 12.2 Å². The number of carboxylic acid groups (broad SMARTS) is 1. The fraction of sp³-hybridized carbons (Fsp3) is 0.636. The van der Waals surface area contributed by atoms with Crippen LogP contribution in [-0.2, 0) is 9.59 Å². The van der Waals surface area contributed by atoms with E-state index in [9.17, 15) is 9.59 Å². The molecule has 0 heterocycles. The molecule has 1 amide bonds. The Morgan fingerprint density at radius 3 is 2.27 bits per heavy atom. The molecule has 1 rings (SSSR count).